The molecule has 1 aliphatic heterocycles. The van der Waals surface area contributed by atoms with Crippen LogP contribution in [-0.2, 0) is 15.7 Å². The third-order valence-corrected chi connectivity index (χ3v) is 16.3. The third-order valence-electron chi connectivity index (χ3n) is 16.3. The maximum Gasteiger partial charge on any atom is 0.272 e. The number of halogens is 2. The van der Waals surface area contributed by atoms with Gasteiger partial charge in [0.1, 0.15) is 6.54 Å². The summed E-state index contributed by atoms with van der Waals surface area (Å²) in [6.45, 7) is 0.0724. The summed E-state index contributed by atoms with van der Waals surface area (Å²) < 4.78 is 36.6. The Kier molecular flexibility index (Phi) is 5.99. The Morgan fingerprint density at radius 2 is 1.04 bits per heavy atom. The molecule has 278 valence electrons. The molecule has 0 spiro atoms. The fraction of sp³-hybridized carbons (Fsp3) is 0.340. The van der Waals surface area contributed by atoms with Crippen LogP contribution in [0, 0.1) is 0 Å². The lowest BCUT2D eigenvalue weighted by Crippen LogP contribution is -2.67. The smallest absolute Gasteiger partial charge is 0.272 e. The Hall–Kier alpha value is -5.07. The summed E-state index contributed by atoms with van der Waals surface area (Å²) >= 11 is 0. The first kappa shape index (κ1) is 32.1. The Morgan fingerprint density at radius 3 is 1.59 bits per heavy atom. The van der Waals surface area contributed by atoms with Crippen LogP contribution >= 0.6 is 0 Å². The number of hydrogen-bond acceptors (Lipinski definition) is 2. The molecule has 13 rings (SSSR count). The minimum absolute atomic E-state index is 0.00341. The monoisotopic (exact) mass is 740 g/mol. The van der Waals surface area contributed by atoms with E-state index < -0.39 is 23.3 Å². The molecule has 1 amide bonds. The lowest BCUT2D eigenvalue weighted by atomic mass is 9.59. The van der Waals surface area contributed by atoms with Crippen molar-refractivity contribution < 1.29 is 13.6 Å². The molecule has 0 saturated carbocycles. The van der Waals surface area contributed by atoms with Gasteiger partial charge in [0.05, 0.1) is 12.7 Å². The molecule has 1 fully saturated rings. The first-order valence-corrected chi connectivity index (χ1v) is 20.8. The Labute approximate surface area is 326 Å². The number of carbonyl (C=O) groups is 1. The van der Waals surface area contributed by atoms with Crippen molar-refractivity contribution in [2.75, 3.05) is 18.6 Å². The third kappa shape index (κ3) is 3.47. The summed E-state index contributed by atoms with van der Waals surface area (Å²) in [6.07, 6.45) is 18.9. The standard InChI is InChI=1S/C50H43F2N3O/c1-55(42-13-5-9-38-30-17-21-34(25-30)46(38)42)26-49(48(53)56,39-10-2-6-35-27-14-18-31(22-27)43(35)39)50(47(51)52,40-11-3-7-36-28-15-19-32(23-28)44(36)40)54(55)41-12-4-8-37-29-16-20-33(24-29)45(37)41/h2-21,27-34,47H,22-26H2,1H3,(H-,53,56)/p+1. The van der Waals surface area contributed by atoms with Gasteiger partial charge in [0.2, 0.25) is 5.91 Å². The minimum Gasteiger partial charge on any atom is -0.369 e. The topological polar surface area (TPSA) is 46.3 Å². The van der Waals surface area contributed by atoms with Crippen molar-refractivity contribution in [1.29, 1.82) is 0 Å². The quantitative estimate of drug-likeness (QED) is 0.158. The van der Waals surface area contributed by atoms with E-state index in [1.165, 1.54) is 16.7 Å². The molecule has 8 bridgehead atoms. The molecule has 1 saturated heterocycles. The van der Waals surface area contributed by atoms with Gasteiger partial charge in [0.25, 0.3) is 6.43 Å². The van der Waals surface area contributed by atoms with E-state index >= 15 is 13.6 Å². The van der Waals surface area contributed by atoms with Crippen molar-refractivity contribution in [3.8, 4) is 0 Å². The van der Waals surface area contributed by atoms with Crippen molar-refractivity contribution in [1.82, 2.24) is 4.59 Å². The number of hydrogen-bond donors (Lipinski definition) is 1. The van der Waals surface area contributed by atoms with Crippen molar-refractivity contribution >= 4 is 17.3 Å². The number of fused-ring (bicyclic) bond motifs is 20. The fourth-order valence-electron chi connectivity index (χ4n) is 14.4. The normalized spacial score (nSPS) is 37.4. The highest BCUT2D eigenvalue weighted by Gasteiger charge is 2.80. The highest BCUT2D eigenvalue weighted by Crippen LogP contribution is 2.68. The second kappa shape index (κ2) is 10.5. The highest BCUT2D eigenvalue weighted by molar-refractivity contribution is 5.95. The molecule has 1 heterocycles. The molecule has 0 radical (unpaired) electrons. The number of carbonyl (C=O) groups excluding carboxylic acids is 1. The molecule has 0 aromatic heterocycles. The Bertz CT molecular complexity index is 2600. The summed E-state index contributed by atoms with van der Waals surface area (Å²) in [5.41, 5.74) is 15.2. The number of nitrogens with zero attached hydrogens (tertiary/aromatic N) is 2. The second-order valence-electron chi connectivity index (χ2n) is 18.5. The molecule has 2 N–H and O–H groups in total. The van der Waals surface area contributed by atoms with Gasteiger partial charge in [-0.05, 0) is 81.8 Å². The molecule has 8 aliphatic carbocycles. The zero-order valence-electron chi connectivity index (χ0n) is 31.4. The SMILES string of the molecule is C[N+]1(c2cccc3c2C2C=CC3C2)CC(C(N)=O)(c2cccc3c2C2C=CC3C2)C(c2cccc3c2C2C=CC3C2)(C(F)F)N1c1cccc2c1C1C=CC2C1. The molecule has 9 aliphatic rings. The van der Waals surface area contributed by atoms with E-state index in [0.29, 0.717) is 17.0 Å². The number of benzene rings is 4. The van der Waals surface area contributed by atoms with Crippen LogP contribution < -0.4 is 15.3 Å². The van der Waals surface area contributed by atoms with Gasteiger partial charge in [0.15, 0.2) is 16.6 Å². The summed E-state index contributed by atoms with van der Waals surface area (Å²) in [5, 5.41) is 2.09. The average molecular weight is 741 g/mol. The fourth-order valence-corrected chi connectivity index (χ4v) is 14.4. The molecule has 4 nitrogen and oxygen atoms in total. The van der Waals surface area contributed by atoms with Gasteiger partial charge in [-0.25, -0.2) is 13.8 Å². The van der Waals surface area contributed by atoms with Crippen LogP contribution in [0.2, 0.25) is 0 Å². The lowest BCUT2D eigenvalue weighted by Gasteiger charge is -2.50. The zero-order chi connectivity index (χ0) is 37.5. The van der Waals surface area contributed by atoms with E-state index in [2.05, 4.69) is 109 Å². The van der Waals surface area contributed by atoms with E-state index in [1.54, 1.807) is 0 Å². The number of allylic oxidation sites excluding steroid dienone is 8. The van der Waals surface area contributed by atoms with Crippen molar-refractivity contribution in [3.05, 3.63) is 177 Å². The van der Waals surface area contributed by atoms with Crippen LogP contribution in [0.5, 0.6) is 0 Å². The van der Waals surface area contributed by atoms with Crippen LogP contribution in [0.25, 0.3) is 0 Å². The first-order valence-electron chi connectivity index (χ1n) is 20.8. The van der Waals surface area contributed by atoms with Gasteiger partial charge in [-0.15, -0.1) is 0 Å². The second-order valence-corrected chi connectivity index (χ2v) is 18.5. The maximum absolute atomic E-state index is 18.3. The van der Waals surface area contributed by atoms with Gasteiger partial charge in [0, 0.05) is 59.0 Å². The number of alkyl halides is 2. The average Bonchev–Trinajstić information content (AvgIpc) is 4.08. The number of quaternary nitrogens is 1. The van der Waals surface area contributed by atoms with Gasteiger partial charge in [-0.3, -0.25) is 4.79 Å². The highest BCUT2D eigenvalue weighted by atomic mass is 19.3. The number of nitrogens with two attached hydrogens (primary N) is 1. The molecule has 6 heteroatoms. The van der Waals surface area contributed by atoms with Crippen LogP contribution in [0.15, 0.2) is 121 Å². The largest absolute Gasteiger partial charge is 0.369 e. The number of likely N-dealkylation sites (N-methyl/N-ethyl adjacent to an activating group) is 1. The molecule has 4 aromatic rings. The van der Waals surface area contributed by atoms with Crippen LogP contribution in [0.1, 0.15) is 129 Å². The number of anilines is 1. The first-order chi connectivity index (χ1) is 27.3. The lowest BCUT2D eigenvalue weighted by molar-refractivity contribution is -0.128. The predicted octanol–water partition coefficient (Wildman–Crippen LogP) is 10.2. The van der Waals surface area contributed by atoms with Crippen LogP contribution in [-0.4, -0.2) is 25.9 Å². The maximum atomic E-state index is 18.3. The summed E-state index contributed by atoms with van der Waals surface area (Å²) in [7, 11) is 2.13. The van der Waals surface area contributed by atoms with Crippen molar-refractivity contribution in [2.45, 2.75) is 90.4 Å². The van der Waals surface area contributed by atoms with Crippen molar-refractivity contribution in [3.63, 3.8) is 0 Å². The van der Waals surface area contributed by atoms with Crippen LogP contribution in [0.3, 0.4) is 0 Å². The van der Waals surface area contributed by atoms with E-state index in [-0.39, 0.29) is 52.6 Å². The Balaban J connectivity index is 1.21. The predicted molar refractivity (Wildman–Crippen MR) is 216 cm³/mol. The number of rotatable bonds is 6. The van der Waals surface area contributed by atoms with Gasteiger partial charge >= 0.3 is 0 Å². The van der Waals surface area contributed by atoms with Crippen molar-refractivity contribution in [2.24, 2.45) is 5.73 Å². The van der Waals surface area contributed by atoms with E-state index in [1.807, 2.05) is 24.3 Å². The number of amides is 1. The number of primary amides is 1. The summed E-state index contributed by atoms with van der Waals surface area (Å²) in [4.78, 5) is 15.5. The molecule has 56 heavy (non-hydrogen) atoms. The molecular weight excluding hydrogens is 697 g/mol. The zero-order valence-corrected chi connectivity index (χ0v) is 31.4. The van der Waals surface area contributed by atoms with E-state index in [4.69, 9.17) is 5.73 Å². The summed E-state index contributed by atoms with van der Waals surface area (Å²) in [5.74, 6) is 0.613. The summed E-state index contributed by atoms with van der Waals surface area (Å²) in [6, 6.07) is 25.1. The minimum atomic E-state index is -2.99. The van der Waals surface area contributed by atoms with E-state index in [9.17, 15) is 0 Å². The van der Waals surface area contributed by atoms with Gasteiger partial charge in [-0.1, -0.05) is 109 Å². The molecule has 11 atom stereocenters. The molecular formula is C50H44F2N3O+. The van der Waals surface area contributed by atoms with E-state index in [0.717, 1.165) is 64.9 Å². The van der Waals surface area contributed by atoms with Gasteiger partial charge in [-0.2, -0.15) is 4.59 Å². The molecule has 11 unspecified atom stereocenters. The van der Waals surface area contributed by atoms with Crippen LogP contribution in [0.4, 0.5) is 20.2 Å². The van der Waals surface area contributed by atoms with Gasteiger partial charge < -0.3 is 5.73 Å². The molecule has 4 aromatic carbocycles. The Morgan fingerprint density at radius 1 is 0.607 bits per heavy atom.